The van der Waals surface area contributed by atoms with Gasteiger partial charge in [-0.3, -0.25) is 4.79 Å². The van der Waals surface area contributed by atoms with Gasteiger partial charge in [0.15, 0.2) is 0 Å². The van der Waals surface area contributed by atoms with Gasteiger partial charge in [-0.15, -0.1) is 11.3 Å². The van der Waals surface area contributed by atoms with Crippen LogP contribution in [0.3, 0.4) is 0 Å². The van der Waals surface area contributed by atoms with E-state index in [9.17, 15) is 9.90 Å². The van der Waals surface area contributed by atoms with E-state index in [1.165, 1.54) is 4.88 Å². The summed E-state index contributed by atoms with van der Waals surface area (Å²) >= 11 is 1.66. The predicted molar refractivity (Wildman–Crippen MR) is 101 cm³/mol. The number of rotatable bonds is 5. The molecular formula is C20H22N2O2S. The van der Waals surface area contributed by atoms with Crippen molar-refractivity contribution in [1.29, 1.82) is 0 Å². The highest BCUT2D eigenvalue weighted by Crippen LogP contribution is 2.39. The van der Waals surface area contributed by atoms with Crippen LogP contribution >= 0.6 is 11.3 Å². The van der Waals surface area contributed by atoms with E-state index in [4.69, 9.17) is 0 Å². The molecule has 1 aromatic carbocycles. The summed E-state index contributed by atoms with van der Waals surface area (Å²) in [6.45, 7) is 2.02. The molecule has 2 heterocycles. The second-order valence-electron chi connectivity index (χ2n) is 6.90. The van der Waals surface area contributed by atoms with Crippen LogP contribution in [0.4, 0.5) is 0 Å². The molecule has 0 bridgehead atoms. The topological polar surface area (TPSA) is 65.1 Å². The number of aryl methyl sites for hydroxylation is 1. The quantitative estimate of drug-likeness (QED) is 0.654. The van der Waals surface area contributed by atoms with Crippen LogP contribution in [-0.2, 0) is 11.2 Å². The highest BCUT2D eigenvalue weighted by molar-refractivity contribution is 7.10. The molecule has 2 aromatic heterocycles. The van der Waals surface area contributed by atoms with E-state index in [0.29, 0.717) is 12.3 Å². The molecule has 1 atom stereocenters. The van der Waals surface area contributed by atoms with E-state index in [1.54, 1.807) is 11.3 Å². The fourth-order valence-corrected chi connectivity index (χ4v) is 4.61. The lowest BCUT2D eigenvalue weighted by molar-refractivity contribution is -0.122. The lowest BCUT2D eigenvalue weighted by Gasteiger charge is -2.37. The second kappa shape index (κ2) is 6.65. The van der Waals surface area contributed by atoms with Crippen LogP contribution in [0.25, 0.3) is 10.9 Å². The Morgan fingerprint density at radius 2 is 2.12 bits per heavy atom. The lowest BCUT2D eigenvalue weighted by Crippen LogP contribution is -2.41. The fraction of sp³-hybridized carbons (Fsp3) is 0.350. The number of amides is 1. The molecule has 0 aliphatic heterocycles. The van der Waals surface area contributed by atoms with E-state index in [0.717, 1.165) is 35.0 Å². The summed E-state index contributed by atoms with van der Waals surface area (Å²) < 4.78 is 0. The van der Waals surface area contributed by atoms with Crippen molar-refractivity contribution in [3.8, 4) is 0 Å². The van der Waals surface area contributed by atoms with Crippen LogP contribution in [0.15, 0.2) is 41.8 Å². The molecule has 1 aliphatic carbocycles. The first-order valence-corrected chi connectivity index (χ1v) is 9.57. The Balaban J connectivity index is 1.52. The summed E-state index contributed by atoms with van der Waals surface area (Å²) in [6, 6.07) is 12.2. The first-order chi connectivity index (χ1) is 12.1. The van der Waals surface area contributed by atoms with E-state index in [-0.39, 0.29) is 18.1 Å². The Morgan fingerprint density at radius 3 is 2.84 bits per heavy atom. The van der Waals surface area contributed by atoms with Crippen LogP contribution in [-0.4, -0.2) is 22.1 Å². The summed E-state index contributed by atoms with van der Waals surface area (Å²) in [5, 5.41) is 16.0. The number of hydrogen-bond donors (Lipinski definition) is 3. The molecule has 130 valence electrons. The van der Waals surface area contributed by atoms with Crippen LogP contribution in [0, 0.1) is 12.8 Å². The monoisotopic (exact) mass is 354 g/mol. The molecule has 3 aromatic rings. The van der Waals surface area contributed by atoms with Gasteiger partial charge >= 0.3 is 0 Å². The van der Waals surface area contributed by atoms with Gasteiger partial charge in [-0.2, -0.15) is 0 Å². The van der Waals surface area contributed by atoms with Crippen molar-refractivity contribution in [2.75, 3.05) is 0 Å². The minimum atomic E-state index is -0.222. The maximum atomic E-state index is 12.8. The predicted octanol–water partition coefficient (Wildman–Crippen LogP) is 3.71. The van der Waals surface area contributed by atoms with Gasteiger partial charge in [-0.25, -0.2) is 0 Å². The largest absolute Gasteiger partial charge is 0.393 e. The third-order valence-corrected chi connectivity index (χ3v) is 6.11. The Labute approximate surface area is 150 Å². The summed E-state index contributed by atoms with van der Waals surface area (Å²) in [7, 11) is 0. The first kappa shape index (κ1) is 16.4. The number of hydrogen-bond acceptors (Lipinski definition) is 3. The van der Waals surface area contributed by atoms with Gasteiger partial charge < -0.3 is 15.4 Å². The molecule has 1 aliphatic rings. The fourth-order valence-electron chi connectivity index (χ4n) is 3.74. The highest BCUT2D eigenvalue weighted by Gasteiger charge is 2.36. The van der Waals surface area contributed by atoms with E-state index in [1.807, 2.05) is 36.6 Å². The summed E-state index contributed by atoms with van der Waals surface area (Å²) in [5.74, 6) is 0.356. The molecule has 4 rings (SSSR count). The molecule has 1 amide bonds. The number of carbonyl (C=O) groups excluding carboxylic acids is 1. The number of H-pyrrole nitrogens is 1. The molecule has 1 fully saturated rings. The van der Waals surface area contributed by atoms with Crippen molar-refractivity contribution in [3.63, 3.8) is 0 Å². The Bertz CT molecular complexity index is 878. The van der Waals surface area contributed by atoms with Gasteiger partial charge in [-0.1, -0.05) is 24.3 Å². The minimum absolute atomic E-state index is 0.00131. The lowest BCUT2D eigenvalue weighted by atomic mass is 9.76. The molecule has 0 spiro atoms. The zero-order chi connectivity index (χ0) is 17.4. The smallest absolute Gasteiger partial charge is 0.225 e. The number of para-hydroxylation sites is 1. The maximum absolute atomic E-state index is 12.8. The normalized spacial score (nSPS) is 21.0. The molecule has 5 heteroatoms. The third kappa shape index (κ3) is 3.22. The molecule has 25 heavy (non-hydrogen) atoms. The van der Waals surface area contributed by atoms with E-state index < -0.39 is 0 Å². The number of aliphatic hydroxyl groups is 1. The molecule has 4 nitrogen and oxygen atoms in total. The number of thiophene rings is 1. The Morgan fingerprint density at radius 1 is 1.32 bits per heavy atom. The van der Waals surface area contributed by atoms with Crippen LogP contribution in [0.2, 0.25) is 0 Å². The molecule has 0 unspecified atom stereocenters. The van der Waals surface area contributed by atoms with Crippen molar-refractivity contribution in [2.24, 2.45) is 5.92 Å². The van der Waals surface area contributed by atoms with Crippen LogP contribution < -0.4 is 5.32 Å². The number of fused-ring (bicyclic) bond motifs is 1. The van der Waals surface area contributed by atoms with Crippen molar-refractivity contribution in [1.82, 2.24) is 10.3 Å². The second-order valence-corrected chi connectivity index (χ2v) is 7.88. The van der Waals surface area contributed by atoms with E-state index in [2.05, 4.69) is 22.4 Å². The maximum Gasteiger partial charge on any atom is 0.225 e. The molecule has 1 saturated carbocycles. The average Bonchev–Trinajstić information content (AvgIpc) is 3.19. The van der Waals surface area contributed by atoms with Gasteiger partial charge in [0.1, 0.15) is 0 Å². The number of aliphatic hydroxyl groups excluding tert-OH is 1. The van der Waals surface area contributed by atoms with Crippen LogP contribution in [0.5, 0.6) is 0 Å². The molecule has 3 N–H and O–H groups in total. The van der Waals surface area contributed by atoms with Gasteiger partial charge in [0.05, 0.1) is 18.6 Å². The van der Waals surface area contributed by atoms with Crippen LogP contribution in [0.1, 0.15) is 35.0 Å². The van der Waals surface area contributed by atoms with Gasteiger partial charge in [0, 0.05) is 21.5 Å². The summed E-state index contributed by atoms with van der Waals surface area (Å²) in [5.41, 5.74) is 3.18. The van der Waals surface area contributed by atoms with Gasteiger partial charge in [-0.05, 0) is 48.8 Å². The Hall–Kier alpha value is -2.11. The molecule has 0 saturated heterocycles. The van der Waals surface area contributed by atoms with Crippen molar-refractivity contribution < 1.29 is 9.90 Å². The van der Waals surface area contributed by atoms with Gasteiger partial charge in [0.25, 0.3) is 0 Å². The number of nitrogens with one attached hydrogen (secondary N) is 2. The first-order valence-electron chi connectivity index (χ1n) is 8.69. The van der Waals surface area contributed by atoms with E-state index >= 15 is 0 Å². The molecule has 0 radical (unpaired) electrons. The highest BCUT2D eigenvalue weighted by atomic mass is 32.1. The molecular weight excluding hydrogens is 332 g/mol. The Kier molecular flexibility index (Phi) is 4.36. The van der Waals surface area contributed by atoms with Crippen molar-refractivity contribution in [2.45, 2.75) is 38.3 Å². The number of carbonyl (C=O) groups is 1. The number of aromatic amines is 1. The van der Waals surface area contributed by atoms with Gasteiger partial charge in [0.2, 0.25) is 5.91 Å². The minimum Gasteiger partial charge on any atom is -0.393 e. The zero-order valence-electron chi connectivity index (χ0n) is 14.2. The standard InChI is InChI=1S/C20H22N2O2S/c1-12-16(15-5-2-3-6-17(15)21-12)11-19(24)22-20(13-9-14(23)10-13)18-7-4-8-25-18/h2-8,13-14,20-21,23H,9-11H2,1H3,(H,22,24)/t13?,14?,20-/m0/s1. The summed E-state index contributed by atoms with van der Waals surface area (Å²) in [6.07, 6.45) is 1.66. The third-order valence-electron chi connectivity index (χ3n) is 5.15. The zero-order valence-corrected chi connectivity index (χ0v) is 15.0. The average molecular weight is 354 g/mol. The van der Waals surface area contributed by atoms with Crippen molar-refractivity contribution >= 4 is 28.1 Å². The SMILES string of the molecule is Cc1[nH]c2ccccc2c1CC(=O)N[C@H](c1cccs1)C1CC(O)C1. The number of aromatic nitrogens is 1. The summed E-state index contributed by atoms with van der Waals surface area (Å²) in [4.78, 5) is 17.3. The van der Waals surface area contributed by atoms with Crippen molar-refractivity contribution in [3.05, 3.63) is 57.9 Å². The number of benzene rings is 1.